The summed E-state index contributed by atoms with van der Waals surface area (Å²) in [7, 11) is 3.66. The van der Waals surface area contributed by atoms with Crippen LogP contribution in [0.1, 0.15) is 42.3 Å². The third-order valence-electron chi connectivity index (χ3n) is 3.84. The number of carbonyl (C=O) groups is 1. The van der Waals surface area contributed by atoms with E-state index in [1.807, 2.05) is 11.9 Å². The van der Waals surface area contributed by atoms with Crippen molar-refractivity contribution in [2.45, 2.75) is 38.6 Å². The van der Waals surface area contributed by atoms with Crippen LogP contribution < -0.4 is 11.1 Å². The molecule has 1 aromatic rings. The molecule has 0 bridgehead atoms. The molecule has 1 aliphatic rings. The summed E-state index contributed by atoms with van der Waals surface area (Å²) in [4.78, 5) is 19.0. The van der Waals surface area contributed by atoms with Crippen molar-refractivity contribution in [3.63, 3.8) is 0 Å². The third-order valence-corrected chi connectivity index (χ3v) is 4.91. The number of nitrogen functional groups attached to an aromatic ring is 1. The standard InChI is InChI=1S/C13H22N4OS/c1-8-5-4-6-9(7-8)17(3)12(18)10-11(14)16-13(15-2)19-10/h8-9H,4-7,14H2,1-3H3,(H,15,16). The van der Waals surface area contributed by atoms with Crippen molar-refractivity contribution in [1.82, 2.24) is 9.88 Å². The van der Waals surface area contributed by atoms with E-state index in [4.69, 9.17) is 5.73 Å². The van der Waals surface area contributed by atoms with Gasteiger partial charge in [0.1, 0.15) is 10.7 Å². The molecule has 2 atom stereocenters. The molecule has 6 heteroatoms. The molecule has 1 amide bonds. The molecule has 0 spiro atoms. The molecule has 2 unspecified atom stereocenters. The van der Waals surface area contributed by atoms with Gasteiger partial charge in [0.25, 0.3) is 5.91 Å². The molecule has 1 saturated carbocycles. The maximum Gasteiger partial charge on any atom is 0.267 e. The topological polar surface area (TPSA) is 71.2 Å². The Kier molecular flexibility index (Phi) is 4.29. The average molecular weight is 282 g/mol. The highest BCUT2D eigenvalue weighted by Crippen LogP contribution is 2.30. The monoisotopic (exact) mass is 282 g/mol. The molecule has 5 nitrogen and oxygen atoms in total. The van der Waals surface area contributed by atoms with Gasteiger partial charge in [0.15, 0.2) is 5.13 Å². The molecule has 0 aliphatic heterocycles. The lowest BCUT2D eigenvalue weighted by molar-refractivity contribution is 0.0678. The molecule has 0 radical (unpaired) electrons. The van der Waals surface area contributed by atoms with Crippen molar-refractivity contribution in [2.75, 3.05) is 25.1 Å². The normalized spacial score (nSPS) is 23.1. The number of hydrogen-bond acceptors (Lipinski definition) is 5. The zero-order valence-electron chi connectivity index (χ0n) is 11.8. The van der Waals surface area contributed by atoms with Crippen LogP contribution in [0.2, 0.25) is 0 Å². The lowest BCUT2D eigenvalue weighted by atomic mass is 9.86. The van der Waals surface area contributed by atoms with E-state index in [0.717, 1.165) is 12.8 Å². The molecule has 0 saturated heterocycles. The van der Waals surface area contributed by atoms with Crippen LogP contribution in [0.4, 0.5) is 10.9 Å². The Morgan fingerprint density at radius 2 is 2.26 bits per heavy atom. The van der Waals surface area contributed by atoms with Crippen LogP contribution in [0.5, 0.6) is 0 Å². The lowest BCUT2D eigenvalue weighted by Crippen LogP contribution is -2.39. The Labute approximate surface area is 118 Å². The molecule has 1 aliphatic carbocycles. The van der Waals surface area contributed by atoms with E-state index in [1.165, 1.54) is 24.2 Å². The summed E-state index contributed by atoms with van der Waals surface area (Å²) >= 11 is 1.32. The number of aromatic nitrogens is 1. The van der Waals surface area contributed by atoms with Gasteiger partial charge < -0.3 is 16.0 Å². The van der Waals surface area contributed by atoms with Crippen LogP contribution in [0, 0.1) is 5.92 Å². The largest absolute Gasteiger partial charge is 0.382 e. The Hall–Kier alpha value is -1.30. The first kappa shape index (κ1) is 14.1. The molecule has 106 valence electrons. The first-order valence-electron chi connectivity index (χ1n) is 6.74. The van der Waals surface area contributed by atoms with Crippen LogP contribution in [-0.4, -0.2) is 35.9 Å². The minimum atomic E-state index is -0.00407. The van der Waals surface area contributed by atoms with Crippen LogP contribution in [0.15, 0.2) is 0 Å². The van der Waals surface area contributed by atoms with Crippen LogP contribution in [-0.2, 0) is 0 Å². The van der Waals surface area contributed by atoms with Crippen molar-refractivity contribution in [2.24, 2.45) is 5.92 Å². The minimum Gasteiger partial charge on any atom is -0.382 e. The quantitative estimate of drug-likeness (QED) is 0.893. The number of thiazole rings is 1. The predicted octanol–water partition coefficient (Wildman–Crippen LogP) is 2.42. The fourth-order valence-electron chi connectivity index (χ4n) is 2.67. The van der Waals surface area contributed by atoms with E-state index >= 15 is 0 Å². The molecule has 1 heterocycles. The number of amides is 1. The number of nitrogens with one attached hydrogen (secondary N) is 1. The number of nitrogens with zero attached hydrogens (tertiary/aromatic N) is 2. The molecular weight excluding hydrogens is 260 g/mol. The molecule has 19 heavy (non-hydrogen) atoms. The van der Waals surface area contributed by atoms with Crippen molar-refractivity contribution in [3.8, 4) is 0 Å². The number of nitrogens with two attached hydrogens (primary N) is 1. The van der Waals surface area contributed by atoms with Gasteiger partial charge in [-0.15, -0.1) is 0 Å². The number of anilines is 2. The Morgan fingerprint density at radius 3 is 2.84 bits per heavy atom. The van der Waals surface area contributed by atoms with Gasteiger partial charge in [-0.3, -0.25) is 4.79 Å². The number of hydrogen-bond donors (Lipinski definition) is 2. The van der Waals surface area contributed by atoms with Gasteiger partial charge in [-0.2, -0.15) is 0 Å². The van der Waals surface area contributed by atoms with E-state index < -0.39 is 0 Å². The summed E-state index contributed by atoms with van der Waals surface area (Å²) in [6, 6.07) is 0.329. The minimum absolute atomic E-state index is 0.00407. The van der Waals surface area contributed by atoms with Gasteiger partial charge in [-0.1, -0.05) is 31.1 Å². The Bertz CT molecular complexity index is 459. The second kappa shape index (κ2) is 5.77. The summed E-state index contributed by atoms with van der Waals surface area (Å²) < 4.78 is 0. The smallest absolute Gasteiger partial charge is 0.267 e. The van der Waals surface area contributed by atoms with E-state index in [-0.39, 0.29) is 5.91 Å². The summed E-state index contributed by atoms with van der Waals surface area (Å²) in [5.74, 6) is 1.02. The summed E-state index contributed by atoms with van der Waals surface area (Å²) in [5, 5.41) is 3.61. The van der Waals surface area contributed by atoms with Crippen LogP contribution in [0.3, 0.4) is 0 Å². The molecule has 1 fully saturated rings. The van der Waals surface area contributed by atoms with E-state index in [2.05, 4.69) is 17.2 Å². The zero-order chi connectivity index (χ0) is 14.0. The Morgan fingerprint density at radius 1 is 1.53 bits per heavy atom. The lowest BCUT2D eigenvalue weighted by Gasteiger charge is -2.33. The fraction of sp³-hybridized carbons (Fsp3) is 0.692. The zero-order valence-corrected chi connectivity index (χ0v) is 12.6. The molecular formula is C13H22N4OS. The number of rotatable bonds is 3. The summed E-state index contributed by atoms with van der Waals surface area (Å²) in [5.41, 5.74) is 5.82. The molecule has 3 N–H and O–H groups in total. The predicted molar refractivity (Wildman–Crippen MR) is 79.6 cm³/mol. The van der Waals surface area contributed by atoms with Crippen molar-refractivity contribution < 1.29 is 4.79 Å². The van der Waals surface area contributed by atoms with Gasteiger partial charge in [-0.05, 0) is 18.8 Å². The van der Waals surface area contributed by atoms with Gasteiger partial charge in [-0.25, -0.2) is 4.98 Å². The van der Waals surface area contributed by atoms with Crippen molar-refractivity contribution in [1.29, 1.82) is 0 Å². The first-order chi connectivity index (χ1) is 9.02. The summed E-state index contributed by atoms with van der Waals surface area (Å²) in [6.07, 6.45) is 4.64. The average Bonchev–Trinajstić information content (AvgIpc) is 2.78. The first-order valence-corrected chi connectivity index (χ1v) is 7.55. The van der Waals surface area contributed by atoms with E-state index in [0.29, 0.717) is 27.8 Å². The van der Waals surface area contributed by atoms with Crippen molar-refractivity contribution >= 4 is 28.2 Å². The molecule has 2 rings (SSSR count). The third kappa shape index (κ3) is 3.00. The maximum atomic E-state index is 12.5. The fourth-order valence-corrected chi connectivity index (χ4v) is 3.49. The second-order valence-electron chi connectivity index (χ2n) is 5.33. The summed E-state index contributed by atoms with van der Waals surface area (Å²) in [6.45, 7) is 2.25. The highest BCUT2D eigenvalue weighted by Gasteiger charge is 2.28. The Balaban J connectivity index is 2.11. The molecule has 0 aromatic carbocycles. The number of carbonyl (C=O) groups excluding carboxylic acids is 1. The van der Waals surface area contributed by atoms with Gasteiger partial charge in [0, 0.05) is 20.1 Å². The van der Waals surface area contributed by atoms with Gasteiger partial charge >= 0.3 is 0 Å². The molecule has 1 aromatic heterocycles. The second-order valence-corrected chi connectivity index (χ2v) is 6.32. The van der Waals surface area contributed by atoms with Gasteiger partial charge in [0.2, 0.25) is 0 Å². The maximum absolute atomic E-state index is 12.5. The van der Waals surface area contributed by atoms with E-state index in [1.54, 1.807) is 7.05 Å². The van der Waals surface area contributed by atoms with Gasteiger partial charge in [0.05, 0.1) is 0 Å². The van der Waals surface area contributed by atoms with Crippen LogP contribution >= 0.6 is 11.3 Å². The van der Waals surface area contributed by atoms with Crippen molar-refractivity contribution in [3.05, 3.63) is 4.88 Å². The van der Waals surface area contributed by atoms with Crippen LogP contribution in [0.25, 0.3) is 0 Å². The van der Waals surface area contributed by atoms with E-state index in [9.17, 15) is 4.79 Å². The highest BCUT2D eigenvalue weighted by atomic mass is 32.1. The highest BCUT2D eigenvalue weighted by molar-refractivity contribution is 7.18. The SMILES string of the molecule is CNc1nc(N)c(C(=O)N(C)C2CCCC(C)C2)s1.